The first-order valence-electron chi connectivity index (χ1n) is 6.07. The summed E-state index contributed by atoms with van der Waals surface area (Å²) in [5.41, 5.74) is 0. The van der Waals surface area contributed by atoms with E-state index < -0.39 is 12.6 Å². The van der Waals surface area contributed by atoms with Crippen LogP contribution < -0.4 is 10.6 Å². The highest BCUT2D eigenvalue weighted by Crippen LogP contribution is 2.37. The second kappa shape index (κ2) is 4.92. The van der Waals surface area contributed by atoms with E-state index in [1.807, 2.05) is 0 Å². The van der Waals surface area contributed by atoms with E-state index in [9.17, 15) is 13.2 Å². The first-order valence-corrected chi connectivity index (χ1v) is 6.07. The second-order valence-corrected chi connectivity index (χ2v) is 4.94. The average molecular weight is 236 g/mol. The number of hydrogen-bond donors (Lipinski definition) is 2. The molecule has 0 aromatic rings. The molecule has 2 nitrogen and oxygen atoms in total. The van der Waals surface area contributed by atoms with E-state index in [1.54, 1.807) is 0 Å². The van der Waals surface area contributed by atoms with E-state index in [0.717, 1.165) is 12.5 Å². The molecule has 0 spiro atoms. The third kappa shape index (κ3) is 3.10. The highest BCUT2D eigenvalue weighted by Gasteiger charge is 2.38. The number of halogens is 3. The van der Waals surface area contributed by atoms with Crippen LogP contribution in [0.4, 0.5) is 13.2 Å². The summed E-state index contributed by atoms with van der Waals surface area (Å²) >= 11 is 0. The molecule has 1 saturated carbocycles. The molecule has 1 saturated heterocycles. The van der Waals surface area contributed by atoms with E-state index in [0.29, 0.717) is 18.5 Å². The third-order valence-electron chi connectivity index (χ3n) is 3.83. The van der Waals surface area contributed by atoms with Gasteiger partial charge < -0.3 is 10.6 Å². The molecular formula is C11H19F3N2. The standard InChI is InChI=1S/C11H19F3N2/c12-11(13,14)4-5-15-7-10-9-3-1-2-8(9)6-16-10/h8-10,15-16H,1-7H2. The van der Waals surface area contributed by atoms with E-state index in [1.165, 1.54) is 19.3 Å². The van der Waals surface area contributed by atoms with Crippen LogP contribution in [-0.2, 0) is 0 Å². The summed E-state index contributed by atoms with van der Waals surface area (Å²) in [6, 6.07) is 0.390. The molecule has 2 rings (SSSR count). The van der Waals surface area contributed by atoms with Crippen LogP contribution >= 0.6 is 0 Å². The van der Waals surface area contributed by atoms with Gasteiger partial charge in [0.25, 0.3) is 0 Å². The van der Waals surface area contributed by atoms with Crippen molar-refractivity contribution in [3.63, 3.8) is 0 Å². The predicted molar refractivity (Wildman–Crippen MR) is 56.2 cm³/mol. The van der Waals surface area contributed by atoms with Crippen LogP contribution in [0, 0.1) is 11.8 Å². The summed E-state index contributed by atoms with van der Waals surface area (Å²) in [5.74, 6) is 1.47. The molecule has 2 N–H and O–H groups in total. The highest BCUT2D eigenvalue weighted by atomic mass is 19.4. The van der Waals surface area contributed by atoms with Gasteiger partial charge in [-0.2, -0.15) is 13.2 Å². The summed E-state index contributed by atoms with van der Waals surface area (Å²) in [4.78, 5) is 0. The fourth-order valence-electron chi connectivity index (χ4n) is 3.01. The quantitative estimate of drug-likeness (QED) is 0.729. The largest absolute Gasteiger partial charge is 0.390 e. The molecule has 16 heavy (non-hydrogen) atoms. The highest BCUT2D eigenvalue weighted by molar-refractivity contribution is 4.94. The van der Waals surface area contributed by atoms with Crippen LogP contribution in [0.3, 0.4) is 0 Å². The Morgan fingerprint density at radius 2 is 2.06 bits per heavy atom. The molecule has 2 aliphatic rings. The van der Waals surface area contributed by atoms with Gasteiger partial charge in [0.2, 0.25) is 0 Å². The lowest BCUT2D eigenvalue weighted by Crippen LogP contribution is -2.38. The van der Waals surface area contributed by atoms with Crippen molar-refractivity contribution in [2.75, 3.05) is 19.6 Å². The van der Waals surface area contributed by atoms with Crippen molar-refractivity contribution in [1.29, 1.82) is 0 Å². The van der Waals surface area contributed by atoms with Gasteiger partial charge in [-0.1, -0.05) is 6.42 Å². The van der Waals surface area contributed by atoms with Gasteiger partial charge in [0.15, 0.2) is 0 Å². The molecular weight excluding hydrogens is 217 g/mol. The minimum Gasteiger partial charge on any atom is -0.315 e. The minimum atomic E-state index is -4.04. The van der Waals surface area contributed by atoms with Crippen molar-refractivity contribution >= 4 is 0 Å². The van der Waals surface area contributed by atoms with Crippen molar-refractivity contribution in [2.45, 2.75) is 37.9 Å². The fourth-order valence-corrected chi connectivity index (χ4v) is 3.01. The molecule has 0 aromatic heterocycles. The van der Waals surface area contributed by atoms with Crippen molar-refractivity contribution < 1.29 is 13.2 Å². The zero-order valence-corrected chi connectivity index (χ0v) is 9.32. The smallest absolute Gasteiger partial charge is 0.315 e. The molecule has 0 bridgehead atoms. The molecule has 5 heteroatoms. The second-order valence-electron chi connectivity index (χ2n) is 4.94. The zero-order chi connectivity index (χ0) is 11.6. The van der Waals surface area contributed by atoms with E-state index >= 15 is 0 Å². The first-order chi connectivity index (χ1) is 7.56. The molecule has 2 fully saturated rings. The average Bonchev–Trinajstić information content (AvgIpc) is 2.73. The monoisotopic (exact) mass is 236 g/mol. The summed E-state index contributed by atoms with van der Waals surface area (Å²) in [5, 5.41) is 6.33. The van der Waals surface area contributed by atoms with Crippen LogP contribution in [0.5, 0.6) is 0 Å². The Labute approximate surface area is 94.0 Å². The third-order valence-corrected chi connectivity index (χ3v) is 3.83. The van der Waals surface area contributed by atoms with Gasteiger partial charge in [-0.05, 0) is 31.2 Å². The van der Waals surface area contributed by atoms with Crippen LogP contribution in [0.2, 0.25) is 0 Å². The SMILES string of the molecule is FC(F)(F)CCNCC1NCC2CCCC21. The maximum atomic E-state index is 11.9. The Bertz CT molecular complexity index is 230. The van der Waals surface area contributed by atoms with Gasteiger partial charge in [0, 0.05) is 19.1 Å². The maximum Gasteiger partial charge on any atom is 0.390 e. The zero-order valence-electron chi connectivity index (χ0n) is 9.32. The lowest BCUT2D eigenvalue weighted by Gasteiger charge is -2.19. The Balaban J connectivity index is 1.63. The van der Waals surface area contributed by atoms with Gasteiger partial charge in [0.1, 0.15) is 0 Å². The first kappa shape index (κ1) is 12.2. The molecule has 0 amide bonds. The molecule has 0 aromatic carbocycles. The van der Waals surface area contributed by atoms with E-state index in [2.05, 4.69) is 10.6 Å². The summed E-state index contributed by atoms with van der Waals surface area (Å²) in [6.45, 7) is 1.77. The van der Waals surface area contributed by atoms with Crippen LogP contribution in [-0.4, -0.2) is 31.9 Å². The molecule has 3 unspecified atom stereocenters. The van der Waals surface area contributed by atoms with Crippen molar-refractivity contribution in [1.82, 2.24) is 10.6 Å². The lowest BCUT2D eigenvalue weighted by molar-refractivity contribution is -0.133. The summed E-state index contributed by atoms with van der Waals surface area (Å²) in [7, 11) is 0. The number of alkyl halides is 3. The Kier molecular flexibility index (Phi) is 3.74. The van der Waals surface area contributed by atoms with Gasteiger partial charge in [-0.15, -0.1) is 0 Å². The number of hydrogen-bond acceptors (Lipinski definition) is 2. The van der Waals surface area contributed by atoms with Crippen molar-refractivity contribution in [3.8, 4) is 0 Å². The summed E-state index contributed by atoms with van der Waals surface area (Å²) in [6.07, 6.45) is -0.949. The molecule has 1 heterocycles. The molecule has 1 aliphatic heterocycles. The summed E-state index contributed by atoms with van der Waals surface area (Å²) < 4.78 is 35.7. The van der Waals surface area contributed by atoms with Gasteiger partial charge >= 0.3 is 6.18 Å². The number of nitrogens with one attached hydrogen (secondary N) is 2. The molecule has 0 radical (unpaired) electrons. The number of fused-ring (bicyclic) bond motifs is 1. The van der Waals surface area contributed by atoms with Gasteiger partial charge in [-0.25, -0.2) is 0 Å². The topological polar surface area (TPSA) is 24.1 Å². The maximum absolute atomic E-state index is 11.9. The minimum absolute atomic E-state index is 0.0407. The van der Waals surface area contributed by atoms with E-state index in [-0.39, 0.29) is 6.54 Å². The fraction of sp³-hybridized carbons (Fsp3) is 1.00. The van der Waals surface area contributed by atoms with Crippen molar-refractivity contribution in [3.05, 3.63) is 0 Å². The Hall–Kier alpha value is -0.290. The van der Waals surface area contributed by atoms with Crippen LogP contribution in [0.1, 0.15) is 25.7 Å². The van der Waals surface area contributed by atoms with E-state index in [4.69, 9.17) is 0 Å². The normalized spacial score (nSPS) is 34.3. The molecule has 3 atom stereocenters. The van der Waals surface area contributed by atoms with Crippen molar-refractivity contribution in [2.24, 2.45) is 11.8 Å². The Morgan fingerprint density at radius 1 is 1.25 bits per heavy atom. The van der Waals surface area contributed by atoms with Crippen LogP contribution in [0.15, 0.2) is 0 Å². The van der Waals surface area contributed by atoms with Gasteiger partial charge in [0.05, 0.1) is 6.42 Å². The van der Waals surface area contributed by atoms with Gasteiger partial charge in [-0.3, -0.25) is 0 Å². The number of rotatable bonds is 4. The molecule has 1 aliphatic carbocycles. The van der Waals surface area contributed by atoms with Crippen LogP contribution in [0.25, 0.3) is 0 Å². The predicted octanol–water partition coefficient (Wildman–Crippen LogP) is 1.92. The lowest BCUT2D eigenvalue weighted by atomic mass is 9.94. The molecule has 94 valence electrons. The Morgan fingerprint density at radius 3 is 2.81 bits per heavy atom.